The second-order valence-electron chi connectivity index (χ2n) is 2.05. The number of nitrogens with one attached hydrogen (secondary N) is 1. The molecule has 0 saturated carbocycles. The van der Waals surface area contributed by atoms with Crippen molar-refractivity contribution in [3.05, 3.63) is 29.8 Å². The summed E-state index contributed by atoms with van der Waals surface area (Å²) in [6.45, 7) is 0. The molecule has 0 radical (unpaired) electrons. The molecule has 1 aromatic rings. The maximum atomic E-state index is 12.8. The smallest absolute Gasteiger partial charge is 0.143 e. The lowest BCUT2D eigenvalue weighted by Gasteiger charge is -2.00. The Morgan fingerprint density at radius 2 is 2.08 bits per heavy atom. The monoisotopic (exact) mass is 191 g/mol. The molecule has 2 nitrogen and oxygen atoms in total. The lowest BCUT2D eigenvalue weighted by atomic mass is 10.3. The Kier molecular flexibility index (Phi) is 2.88. The SMILES string of the molecule is CNS(=O)c1ccc(F)cc1F. The maximum Gasteiger partial charge on any atom is 0.143 e. The highest BCUT2D eigenvalue weighted by Gasteiger charge is 2.08. The lowest BCUT2D eigenvalue weighted by molar-refractivity contribution is 0.561. The number of benzene rings is 1. The number of hydrogen-bond donors (Lipinski definition) is 1. The zero-order valence-electron chi connectivity index (χ0n) is 6.30. The van der Waals surface area contributed by atoms with Gasteiger partial charge >= 0.3 is 0 Å². The number of halogens is 2. The fourth-order valence-corrected chi connectivity index (χ4v) is 1.38. The topological polar surface area (TPSA) is 29.1 Å². The van der Waals surface area contributed by atoms with Gasteiger partial charge in [-0.3, -0.25) is 0 Å². The molecule has 1 aromatic carbocycles. The second-order valence-corrected chi connectivity index (χ2v) is 3.43. The first kappa shape index (κ1) is 9.28. The van der Waals surface area contributed by atoms with Gasteiger partial charge in [-0.15, -0.1) is 0 Å². The summed E-state index contributed by atoms with van der Waals surface area (Å²) in [4.78, 5) is -0.0427. The minimum atomic E-state index is -1.60. The molecule has 66 valence electrons. The highest BCUT2D eigenvalue weighted by molar-refractivity contribution is 7.83. The van der Waals surface area contributed by atoms with Crippen molar-refractivity contribution in [2.75, 3.05) is 7.05 Å². The van der Waals surface area contributed by atoms with Gasteiger partial charge in [0, 0.05) is 6.07 Å². The van der Waals surface area contributed by atoms with Crippen molar-refractivity contribution >= 4 is 11.0 Å². The molecule has 0 aromatic heterocycles. The molecule has 12 heavy (non-hydrogen) atoms. The Balaban J connectivity index is 3.09. The summed E-state index contributed by atoms with van der Waals surface area (Å²) in [7, 11) is -0.172. The van der Waals surface area contributed by atoms with Crippen LogP contribution in [-0.2, 0) is 11.0 Å². The molecular formula is C7H7F2NOS. The van der Waals surface area contributed by atoms with E-state index in [2.05, 4.69) is 4.72 Å². The van der Waals surface area contributed by atoms with E-state index in [9.17, 15) is 13.0 Å². The molecule has 0 aliphatic heterocycles. The van der Waals surface area contributed by atoms with Crippen LogP contribution in [0.25, 0.3) is 0 Å². The van der Waals surface area contributed by atoms with Crippen LogP contribution < -0.4 is 4.72 Å². The third-order valence-electron chi connectivity index (χ3n) is 1.28. The van der Waals surface area contributed by atoms with Crippen LogP contribution in [0.4, 0.5) is 8.78 Å². The quantitative estimate of drug-likeness (QED) is 0.747. The first-order chi connectivity index (χ1) is 5.65. The first-order valence-corrected chi connectivity index (χ1v) is 4.34. The summed E-state index contributed by atoms with van der Waals surface area (Å²) in [5.74, 6) is -1.48. The Labute approximate surface area is 71.2 Å². The van der Waals surface area contributed by atoms with Crippen molar-refractivity contribution in [2.45, 2.75) is 4.90 Å². The zero-order valence-corrected chi connectivity index (χ0v) is 7.12. The van der Waals surface area contributed by atoms with Crippen LogP contribution in [-0.4, -0.2) is 11.3 Å². The van der Waals surface area contributed by atoms with Crippen LogP contribution in [0.15, 0.2) is 23.1 Å². The van der Waals surface area contributed by atoms with Crippen molar-refractivity contribution in [1.29, 1.82) is 0 Å². The summed E-state index contributed by atoms with van der Waals surface area (Å²) >= 11 is 0. The number of rotatable bonds is 2. The van der Waals surface area contributed by atoms with Gasteiger partial charge in [-0.25, -0.2) is 17.7 Å². The molecular weight excluding hydrogens is 184 g/mol. The van der Waals surface area contributed by atoms with Crippen molar-refractivity contribution in [1.82, 2.24) is 4.72 Å². The van der Waals surface area contributed by atoms with Gasteiger partial charge in [-0.2, -0.15) is 0 Å². The van der Waals surface area contributed by atoms with E-state index in [1.165, 1.54) is 7.05 Å². The van der Waals surface area contributed by atoms with E-state index in [-0.39, 0.29) is 4.90 Å². The van der Waals surface area contributed by atoms with Gasteiger partial charge in [0.05, 0.1) is 4.90 Å². The zero-order chi connectivity index (χ0) is 9.14. The predicted molar refractivity (Wildman–Crippen MR) is 41.8 cm³/mol. The minimum absolute atomic E-state index is 0.0427. The largest absolute Gasteiger partial charge is 0.237 e. The van der Waals surface area contributed by atoms with Gasteiger partial charge in [0.15, 0.2) is 0 Å². The minimum Gasteiger partial charge on any atom is -0.237 e. The van der Waals surface area contributed by atoms with Gasteiger partial charge in [0.1, 0.15) is 22.6 Å². The van der Waals surface area contributed by atoms with E-state index < -0.39 is 22.6 Å². The van der Waals surface area contributed by atoms with Crippen LogP contribution in [0.1, 0.15) is 0 Å². The Bertz CT molecular complexity index is 316. The first-order valence-electron chi connectivity index (χ1n) is 3.19. The average molecular weight is 191 g/mol. The van der Waals surface area contributed by atoms with Crippen molar-refractivity contribution < 1.29 is 13.0 Å². The molecule has 1 rings (SSSR count). The standard InChI is InChI=1S/C7H7F2NOS/c1-10-12(11)7-3-2-5(8)4-6(7)9/h2-4,10H,1H3. The third kappa shape index (κ3) is 1.86. The van der Waals surface area contributed by atoms with Crippen LogP contribution in [0.3, 0.4) is 0 Å². The van der Waals surface area contributed by atoms with E-state index in [1.54, 1.807) is 0 Å². The van der Waals surface area contributed by atoms with Gasteiger partial charge in [0.25, 0.3) is 0 Å². The molecule has 1 unspecified atom stereocenters. The molecule has 0 bridgehead atoms. The van der Waals surface area contributed by atoms with Crippen LogP contribution in [0, 0.1) is 11.6 Å². The second kappa shape index (κ2) is 3.73. The molecule has 1 N–H and O–H groups in total. The van der Waals surface area contributed by atoms with Gasteiger partial charge in [-0.05, 0) is 19.2 Å². The highest BCUT2D eigenvalue weighted by Crippen LogP contribution is 2.11. The molecule has 0 saturated heterocycles. The van der Waals surface area contributed by atoms with E-state index >= 15 is 0 Å². The molecule has 0 spiro atoms. The molecule has 0 fully saturated rings. The molecule has 5 heteroatoms. The number of hydrogen-bond acceptors (Lipinski definition) is 1. The van der Waals surface area contributed by atoms with Gasteiger partial charge in [0.2, 0.25) is 0 Å². The maximum absolute atomic E-state index is 12.8. The fraction of sp³-hybridized carbons (Fsp3) is 0.143. The summed E-state index contributed by atoms with van der Waals surface area (Å²) in [5.41, 5.74) is 0. The van der Waals surface area contributed by atoms with E-state index in [4.69, 9.17) is 0 Å². The third-order valence-corrected chi connectivity index (χ3v) is 2.38. The summed E-state index contributed by atoms with van der Waals surface area (Å²) in [6.07, 6.45) is 0. The summed E-state index contributed by atoms with van der Waals surface area (Å²) in [6, 6.07) is 2.91. The van der Waals surface area contributed by atoms with E-state index in [1.807, 2.05) is 0 Å². The summed E-state index contributed by atoms with van der Waals surface area (Å²) in [5, 5.41) is 0. The lowest BCUT2D eigenvalue weighted by Crippen LogP contribution is -2.12. The molecule has 0 aliphatic carbocycles. The van der Waals surface area contributed by atoms with Crippen molar-refractivity contribution in [3.8, 4) is 0 Å². The van der Waals surface area contributed by atoms with Crippen LogP contribution in [0.2, 0.25) is 0 Å². The van der Waals surface area contributed by atoms with Crippen LogP contribution >= 0.6 is 0 Å². The Morgan fingerprint density at radius 3 is 2.58 bits per heavy atom. The normalized spacial score (nSPS) is 12.9. The van der Waals surface area contributed by atoms with Gasteiger partial charge in [-0.1, -0.05) is 0 Å². The molecule has 0 amide bonds. The van der Waals surface area contributed by atoms with Crippen molar-refractivity contribution in [2.24, 2.45) is 0 Å². The fourth-order valence-electron chi connectivity index (χ4n) is 0.736. The highest BCUT2D eigenvalue weighted by atomic mass is 32.2. The predicted octanol–water partition coefficient (Wildman–Crippen LogP) is 1.21. The van der Waals surface area contributed by atoms with Gasteiger partial charge < -0.3 is 0 Å². The molecule has 0 heterocycles. The average Bonchev–Trinajstić information content (AvgIpc) is 2.03. The molecule has 0 aliphatic rings. The van der Waals surface area contributed by atoms with Crippen LogP contribution in [0.5, 0.6) is 0 Å². The Morgan fingerprint density at radius 1 is 1.42 bits per heavy atom. The molecule has 1 atom stereocenters. The van der Waals surface area contributed by atoms with E-state index in [0.717, 1.165) is 12.1 Å². The Hall–Kier alpha value is -0.810. The van der Waals surface area contributed by atoms with E-state index in [0.29, 0.717) is 6.07 Å². The van der Waals surface area contributed by atoms with Crippen molar-refractivity contribution in [3.63, 3.8) is 0 Å². The summed E-state index contributed by atoms with van der Waals surface area (Å²) < 4.78 is 38.5.